The first-order valence-corrected chi connectivity index (χ1v) is 7.77. The number of anilines is 2. The van der Waals surface area contributed by atoms with Gasteiger partial charge >= 0.3 is 0 Å². The van der Waals surface area contributed by atoms with Gasteiger partial charge in [0.05, 0.1) is 11.3 Å². The first-order chi connectivity index (χ1) is 10.1. The van der Waals surface area contributed by atoms with Crippen molar-refractivity contribution >= 4 is 60.0 Å². The van der Waals surface area contributed by atoms with E-state index in [4.69, 9.17) is 5.73 Å². The summed E-state index contributed by atoms with van der Waals surface area (Å²) < 4.78 is 1.63. The summed E-state index contributed by atoms with van der Waals surface area (Å²) in [6, 6.07) is 11.1. The standard InChI is InChI=1S/C15H11Br2N3O/c16-11-2-1-3-12(17)14(11)20-15(21)10-7-19-13-6-8(18)4-5-9(10)13/h1-7,19H,18H2,(H,20,21). The predicted octanol–water partition coefficient (Wildman–Crippen LogP) is 4.53. The topological polar surface area (TPSA) is 70.9 Å². The molecule has 0 aliphatic heterocycles. The van der Waals surface area contributed by atoms with Gasteiger partial charge in [0.25, 0.3) is 5.91 Å². The Bertz CT molecular complexity index is 822. The highest BCUT2D eigenvalue weighted by atomic mass is 79.9. The van der Waals surface area contributed by atoms with Crippen LogP contribution in [-0.4, -0.2) is 10.9 Å². The molecule has 0 bridgehead atoms. The van der Waals surface area contributed by atoms with Crippen LogP contribution in [0.4, 0.5) is 11.4 Å². The molecular formula is C15H11Br2N3O. The number of benzene rings is 2. The molecule has 4 N–H and O–H groups in total. The van der Waals surface area contributed by atoms with Gasteiger partial charge in [-0.1, -0.05) is 6.07 Å². The van der Waals surface area contributed by atoms with Crippen molar-refractivity contribution in [3.63, 3.8) is 0 Å². The van der Waals surface area contributed by atoms with E-state index in [1.807, 2.05) is 24.3 Å². The lowest BCUT2D eigenvalue weighted by Crippen LogP contribution is -2.12. The van der Waals surface area contributed by atoms with Crippen molar-refractivity contribution in [1.29, 1.82) is 0 Å². The maximum atomic E-state index is 12.5. The molecule has 0 saturated carbocycles. The molecule has 0 fully saturated rings. The maximum Gasteiger partial charge on any atom is 0.257 e. The number of rotatable bonds is 2. The average Bonchev–Trinajstić information content (AvgIpc) is 2.85. The molecule has 1 amide bonds. The lowest BCUT2D eigenvalue weighted by molar-refractivity contribution is 0.102. The molecular weight excluding hydrogens is 398 g/mol. The monoisotopic (exact) mass is 407 g/mol. The van der Waals surface area contributed by atoms with Crippen LogP contribution < -0.4 is 11.1 Å². The lowest BCUT2D eigenvalue weighted by atomic mass is 10.1. The molecule has 1 aromatic heterocycles. The third-order valence-electron chi connectivity index (χ3n) is 3.15. The van der Waals surface area contributed by atoms with Crippen molar-refractivity contribution < 1.29 is 4.79 Å². The molecule has 4 nitrogen and oxygen atoms in total. The van der Waals surface area contributed by atoms with Crippen molar-refractivity contribution in [1.82, 2.24) is 4.98 Å². The van der Waals surface area contributed by atoms with Crippen LogP contribution in [0.15, 0.2) is 51.5 Å². The number of amides is 1. The molecule has 0 aliphatic rings. The normalized spacial score (nSPS) is 10.8. The quantitative estimate of drug-likeness (QED) is 0.545. The van der Waals surface area contributed by atoms with Crippen LogP contribution >= 0.6 is 31.9 Å². The van der Waals surface area contributed by atoms with Gasteiger partial charge in [-0.25, -0.2) is 0 Å². The van der Waals surface area contributed by atoms with E-state index in [2.05, 4.69) is 42.2 Å². The fourth-order valence-electron chi connectivity index (χ4n) is 2.13. The van der Waals surface area contributed by atoms with E-state index >= 15 is 0 Å². The minimum absolute atomic E-state index is 0.182. The highest BCUT2D eigenvalue weighted by Crippen LogP contribution is 2.31. The summed E-state index contributed by atoms with van der Waals surface area (Å²) in [6.45, 7) is 0. The second kappa shape index (κ2) is 5.54. The molecule has 0 spiro atoms. The van der Waals surface area contributed by atoms with Gasteiger partial charge in [-0.3, -0.25) is 4.79 Å². The molecule has 6 heteroatoms. The van der Waals surface area contributed by atoms with Crippen molar-refractivity contribution in [3.05, 3.63) is 57.1 Å². The second-order valence-electron chi connectivity index (χ2n) is 4.56. The van der Waals surface area contributed by atoms with Gasteiger partial charge in [-0.05, 0) is 62.2 Å². The van der Waals surface area contributed by atoms with Crippen molar-refractivity contribution in [2.24, 2.45) is 0 Å². The summed E-state index contributed by atoms with van der Waals surface area (Å²) in [5.74, 6) is -0.182. The Labute approximate surface area is 138 Å². The molecule has 2 aromatic carbocycles. The zero-order valence-corrected chi connectivity index (χ0v) is 14.0. The van der Waals surface area contributed by atoms with Crippen LogP contribution in [0, 0.1) is 0 Å². The molecule has 3 rings (SSSR count). The Morgan fingerprint density at radius 3 is 2.57 bits per heavy atom. The molecule has 1 heterocycles. The number of halogens is 2. The number of aromatic nitrogens is 1. The molecule has 3 aromatic rings. The molecule has 106 valence electrons. The first kappa shape index (κ1) is 14.2. The van der Waals surface area contributed by atoms with Gasteiger partial charge in [-0.2, -0.15) is 0 Å². The van der Waals surface area contributed by atoms with E-state index in [9.17, 15) is 4.79 Å². The smallest absolute Gasteiger partial charge is 0.257 e. The molecule has 21 heavy (non-hydrogen) atoms. The van der Waals surface area contributed by atoms with Gasteiger partial charge in [0, 0.05) is 31.7 Å². The van der Waals surface area contributed by atoms with E-state index in [1.165, 1.54) is 0 Å². The Balaban J connectivity index is 1.98. The molecule has 0 aliphatic carbocycles. The number of H-pyrrole nitrogens is 1. The maximum absolute atomic E-state index is 12.5. The van der Waals surface area contributed by atoms with Crippen LogP contribution in [0.5, 0.6) is 0 Å². The van der Waals surface area contributed by atoms with Crippen LogP contribution in [0.1, 0.15) is 10.4 Å². The fraction of sp³-hybridized carbons (Fsp3) is 0. The number of carbonyl (C=O) groups excluding carboxylic acids is 1. The minimum Gasteiger partial charge on any atom is -0.399 e. The summed E-state index contributed by atoms with van der Waals surface area (Å²) in [6.07, 6.45) is 1.68. The predicted molar refractivity (Wildman–Crippen MR) is 92.5 cm³/mol. The Morgan fingerprint density at radius 1 is 1.14 bits per heavy atom. The zero-order chi connectivity index (χ0) is 15.0. The summed E-state index contributed by atoms with van der Waals surface area (Å²) in [4.78, 5) is 15.5. The Morgan fingerprint density at radius 2 is 1.86 bits per heavy atom. The summed E-state index contributed by atoms with van der Waals surface area (Å²) >= 11 is 6.86. The number of nitrogens with one attached hydrogen (secondary N) is 2. The number of nitrogens with two attached hydrogens (primary N) is 1. The van der Waals surface area contributed by atoms with E-state index in [-0.39, 0.29) is 5.91 Å². The highest BCUT2D eigenvalue weighted by molar-refractivity contribution is 9.11. The molecule has 0 unspecified atom stereocenters. The van der Waals surface area contributed by atoms with E-state index in [0.717, 1.165) is 19.8 Å². The largest absolute Gasteiger partial charge is 0.399 e. The van der Waals surface area contributed by atoms with Crippen LogP contribution in [0.25, 0.3) is 10.9 Å². The van der Waals surface area contributed by atoms with Crippen molar-refractivity contribution in [2.75, 3.05) is 11.1 Å². The number of fused-ring (bicyclic) bond motifs is 1. The van der Waals surface area contributed by atoms with E-state index in [0.29, 0.717) is 16.9 Å². The first-order valence-electron chi connectivity index (χ1n) is 6.18. The van der Waals surface area contributed by atoms with Gasteiger partial charge in [0.1, 0.15) is 0 Å². The van der Waals surface area contributed by atoms with Crippen molar-refractivity contribution in [3.8, 4) is 0 Å². The number of para-hydroxylation sites is 1. The SMILES string of the molecule is Nc1ccc2c(C(=O)Nc3c(Br)cccc3Br)c[nH]c2c1. The second-order valence-corrected chi connectivity index (χ2v) is 6.27. The van der Waals surface area contributed by atoms with Gasteiger partial charge < -0.3 is 16.0 Å². The number of hydrogen-bond donors (Lipinski definition) is 3. The number of hydrogen-bond acceptors (Lipinski definition) is 2. The Kier molecular flexibility index (Phi) is 3.73. The third kappa shape index (κ3) is 2.69. The molecule has 0 atom stereocenters. The molecule has 0 saturated heterocycles. The lowest BCUT2D eigenvalue weighted by Gasteiger charge is -2.09. The highest BCUT2D eigenvalue weighted by Gasteiger charge is 2.15. The third-order valence-corrected chi connectivity index (χ3v) is 4.47. The summed E-state index contributed by atoms with van der Waals surface area (Å²) in [5.41, 5.74) is 8.51. The van der Waals surface area contributed by atoms with Gasteiger partial charge in [0.2, 0.25) is 0 Å². The van der Waals surface area contributed by atoms with Gasteiger partial charge in [0.15, 0.2) is 0 Å². The number of nitrogen functional groups attached to an aromatic ring is 1. The number of carbonyl (C=O) groups is 1. The van der Waals surface area contributed by atoms with Crippen molar-refractivity contribution in [2.45, 2.75) is 0 Å². The number of aromatic amines is 1. The van der Waals surface area contributed by atoms with Crippen LogP contribution in [0.2, 0.25) is 0 Å². The van der Waals surface area contributed by atoms with Crippen LogP contribution in [0.3, 0.4) is 0 Å². The zero-order valence-electron chi connectivity index (χ0n) is 10.8. The molecule has 0 radical (unpaired) electrons. The summed E-state index contributed by atoms with van der Waals surface area (Å²) in [7, 11) is 0. The summed E-state index contributed by atoms with van der Waals surface area (Å²) in [5, 5.41) is 3.74. The van der Waals surface area contributed by atoms with E-state index in [1.54, 1.807) is 18.3 Å². The Hall–Kier alpha value is -1.79. The van der Waals surface area contributed by atoms with Gasteiger partial charge in [-0.15, -0.1) is 0 Å². The van der Waals surface area contributed by atoms with Crippen LogP contribution in [-0.2, 0) is 0 Å². The van der Waals surface area contributed by atoms with E-state index < -0.39 is 0 Å². The minimum atomic E-state index is -0.182. The average molecular weight is 409 g/mol. The fourth-order valence-corrected chi connectivity index (χ4v) is 3.33.